The van der Waals surface area contributed by atoms with Gasteiger partial charge in [-0.2, -0.15) is 0 Å². The largest absolute Gasteiger partial charge is 0.368 e. The Balaban J connectivity index is 2.04. The lowest BCUT2D eigenvalue weighted by molar-refractivity contribution is -0.0716. The Morgan fingerprint density at radius 3 is 2.06 bits per heavy atom. The third-order valence-corrected chi connectivity index (χ3v) is 4.22. The lowest BCUT2D eigenvalue weighted by Gasteiger charge is -2.35. The van der Waals surface area contributed by atoms with Crippen LogP contribution in [0.1, 0.15) is 60.8 Å². The average Bonchev–Trinajstić information content (AvgIpc) is 2.77. The van der Waals surface area contributed by atoms with Gasteiger partial charge < -0.3 is 10.1 Å². The molecule has 0 aromatic carbocycles. The average molecular weight is 225 g/mol. The van der Waals surface area contributed by atoms with Gasteiger partial charge in [0.25, 0.3) is 0 Å². The predicted octanol–water partition coefficient (Wildman–Crippen LogP) is 3.11. The van der Waals surface area contributed by atoms with E-state index in [2.05, 4.69) is 46.9 Å². The molecule has 0 aromatic rings. The minimum absolute atomic E-state index is 0.0147. The molecule has 1 saturated heterocycles. The van der Waals surface area contributed by atoms with Crippen LogP contribution in [-0.2, 0) is 4.74 Å². The van der Waals surface area contributed by atoms with E-state index in [0.29, 0.717) is 6.04 Å². The smallest absolute Gasteiger partial charge is 0.0787 e. The van der Waals surface area contributed by atoms with Crippen molar-refractivity contribution < 1.29 is 4.74 Å². The van der Waals surface area contributed by atoms with Crippen LogP contribution in [0.4, 0.5) is 0 Å². The molecule has 1 N–H and O–H groups in total. The fourth-order valence-electron chi connectivity index (χ4n) is 3.16. The predicted molar refractivity (Wildman–Crippen MR) is 67.6 cm³/mol. The molecule has 0 spiro atoms. The second-order valence-electron chi connectivity index (χ2n) is 7.36. The van der Waals surface area contributed by atoms with E-state index in [0.717, 1.165) is 12.3 Å². The molecule has 0 aromatic heterocycles. The highest BCUT2D eigenvalue weighted by Gasteiger charge is 2.49. The summed E-state index contributed by atoms with van der Waals surface area (Å²) in [6.07, 6.45) is 3.88. The first-order valence-corrected chi connectivity index (χ1v) is 6.60. The maximum absolute atomic E-state index is 6.13. The summed E-state index contributed by atoms with van der Waals surface area (Å²) >= 11 is 0. The molecule has 0 amide bonds. The maximum atomic E-state index is 6.13. The molecule has 94 valence electrons. The number of hydrogen-bond acceptors (Lipinski definition) is 2. The van der Waals surface area contributed by atoms with Gasteiger partial charge in [-0.1, -0.05) is 0 Å². The lowest BCUT2D eigenvalue weighted by atomic mass is 9.89. The van der Waals surface area contributed by atoms with E-state index in [1.54, 1.807) is 0 Å². The second-order valence-corrected chi connectivity index (χ2v) is 7.36. The van der Waals surface area contributed by atoms with Crippen molar-refractivity contribution in [2.45, 2.75) is 83.6 Å². The molecule has 1 unspecified atom stereocenters. The van der Waals surface area contributed by atoms with Gasteiger partial charge in [0, 0.05) is 11.6 Å². The molecule has 0 radical (unpaired) electrons. The number of ether oxygens (including phenoxy) is 1. The minimum Gasteiger partial charge on any atom is -0.368 e. The zero-order valence-corrected chi connectivity index (χ0v) is 11.7. The van der Waals surface area contributed by atoms with E-state index >= 15 is 0 Å². The van der Waals surface area contributed by atoms with Crippen LogP contribution >= 0.6 is 0 Å². The Kier molecular flexibility index (Phi) is 2.67. The van der Waals surface area contributed by atoms with Gasteiger partial charge in [0.1, 0.15) is 0 Å². The first kappa shape index (κ1) is 12.4. The molecule has 1 saturated carbocycles. The van der Waals surface area contributed by atoms with Crippen LogP contribution in [0.5, 0.6) is 0 Å². The van der Waals surface area contributed by atoms with Crippen LogP contribution in [0.15, 0.2) is 0 Å². The first-order valence-electron chi connectivity index (χ1n) is 6.60. The Morgan fingerprint density at radius 1 is 1.12 bits per heavy atom. The number of hydrogen-bond donors (Lipinski definition) is 1. The van der Waals surface area contributed by atoms with E-state index in [9.17, 15) is 0 Å². The summed E-state index contributed by atoms with van der Waals surface area (Å²) in [6, 6.07) is 0.470. The quantitative estimate of drug-likeness (QED) is 0.797. The second kappa shape index (κ2) is 3.46. The van der Waals surface area contributed by atoms with Gasteiger partial charge in [-0.3, -0.25) is 0 Å². The lowest BCUT2D eigenvalue weighted by Crippen LogP contribution is -2.53. The summed E-state index contributed by atoms with van der Waals surface area (Å²) in [5.41, 5.74) is 0.238. The Labute approximate surface area is 100 Å². The van der Waals surface area contributed by atoms with Gasteiger partial charge in [-0.25, -0.2) is 0 Å². The van der Waals surface area contributed by atoms with E-state index < -0.39 is 0 Å². The van der Waals surface area contributed by atoms with Crippen LogP contribution in [-0.4, -0.2) is 22.8 Å². The topological polar surface area (TPSA) is 21.3 Å². The highest BCUT2D eigenvalue weighted by molar-refractivity contribution is 5.04. The standard InChI is InChI=1S/C14H27NO/c1-12(2)9-11(14(5,6)16-12)15-13(3,4)10-7-8-10/h10-11,15H,7-9H2,1-6H3. The maximum Gasteiger partial charge on any atom is 0.0787 e. The van der Waals surface area contributed by atoms with Crippen molar-refractivity contribution in [3.63, 3.8) is 0 Å². The van der Waals surface area contributed by atoms with Crippen LogP contribution in [0.25, 0.3) is 0 Å². The molecule has 1 heterocycles. The Morgan fingerprint density at radius 2 is 1.69 bits per heavy atom. The SMILES string of the molecule is CC1(C)CC(NC(C)(C)C2CC2)C(C)(C)O1. The highest BCUT2D eigenvalue weighted by Crippen LogP contribution is 2.43. The van der Waals surface area contributed by atoms with Gasteiger partial charge in [-0.15, -0.1) is 0 Å². The van der Waals surface area contributed by atoms with Gasteiger partial charge in [-0.05, 0) is 66.7 Å². The molecule has 1 aliphatic heterocycles. The fourth-order valence-corrected chi connectivity index (χ4v) is 3.16. The summed E-state index contributed by atoms with van der Waals surface area (Å²) < 4.78 is 6.13. The van der Waals surface area contributed by atoms with Crippen LogP contribution in [0.3, 0.4) is 0 Å². The molecule has 2 fully saturated rings. The van der Waals surface area contributed by atoms with Crippen molar-refractivity contribution >= 4 is 0 Å². The molecule has 0 bridgehead atoms. The van der Waals surface area contributed by atoms with Crippen molar-refractivity contribution in [2.24, 2.45) is 5.92 Å². The van der Waals surface area contributed by atoms with E-state index in [1.807, 2.05) is 0 Å². The molecule has 1 aliphatic carbocycles. The monoisotopic (exact) mass is 225 g/mol. The van der Waals surface area contributed by atoms with Crippen LogP contribution in [0.2, 0.25) is 0 Å². The first-order chi connectivity index (χ1) is 7.12. The van der Waals surface area contributed by atoms with E-state index in [4.69, 9.17) is 4.74 Å². The minimum atomic E-state index is -0.0460. The van der Waals surface area contributed by atoms with Crippen molar-refractivity contribution in [2.75, 3.05) is 0 Å². The Bertz CT molecular complexity index is 276. The summed E-state index contributed by atoms with van der Waals surface area (Å²) in [6.45, 7) is 13.5. The molecular weight excluding hydrogens is 198 g/mol. The van der Waals surface area contributed by atoms with Gasteiger partial charge in [0.2, 0.25) is 0 Å². The van der Waals surface area contributed by atoms with E-state index in [1.165, 1.54) is 12.8 Å². The zero-order valence-electron chi connectivity index (χ0n) is 11.7. The van der Waals surface area contributed by atoms with Crippen molar-refractivity contribution in [1.82, 2.24) is 5.32 Å². The normalized spacial score (nSPS) is 33.0. The van der Waals surface area contributed by atoms with Crippen LogP contribution < -0.4 is 5.32 Å². The molecular formula is C14H27NO. The van der Waals surface area contributed by atoms with Crippen molar-refractivity contribution in [3.8, 4) is 0 Å². The molecule has 2 aliphatic rings. The summed E-state index contributed by atoms with van der Waals surface area (Å²) in [5.74, 6) is 0.868. The zero-order chi connectivity index (χ0) is 12.2. The summed E-state index contributed by atoms with van der Waals surface area (Å²) in [5, 5.41) is 3.84. The van der Waals surface area contributed by atoms with Crippen LogP contribution in [0, 0.1) is 5.92 Å². The number of rotatable bonds is 3. The van der Waals surface area contributed by atoms with Gasteiger partial charge >= 0.3 is 0 Å². The van der Waals surface area contributed by atoms with Crippen molar-refractivity contribution in [1.29, 1.82) is 0 Å². The van der Waals surface area contributed by atoms with Crippen molar-refractivity contribution in [3.05, 3.63) is 0 Å². The molecule has 2 nitrogen and oxygen atoms in total. The van der Waals surface area contributed by atoms with E-state index in [-0.39, 0.29) is 16.7 Å². The van der Waals surface area contributed by atoms with Gasteiger partial charge in [0.05, 0.1) is 11.2 Å². The fraction of sp³-hybridized carbons (Fsp3) is 1.00. The molecule has 2 rings (SSSR count). The summed E-state index contributed by atoms with van der Waals surface area (Å²) in [4.78, 5) is 0. The third kappa shape index (κ3) is 2.43. The molecule has 1 atom stereocenters. The summed E-state index contributed by atoms with van der Waals surface area (Å²) in [7, 11) is 0. The van der Waals surface area contributed by atoms with Gasteiger partial charge in [0.15, 0.2) is 0 Å². The Hall–Kier alpha value is -0.0800. The molecule has 16 heavy (non-hydrogen) atoms. The molecule has 2 heteroatoms. The third-order valence-electron chi connectivity index (χ3n) is 4.22. The highest BCUT2D eigenvalue weighted by atomic mass is 16.5. The number of nitrogens with one attached hydrogen (secondary N) is 1.